The lowest BCUT2D eigenvalue weighted by atomic mass is 9.85. The Morgan fingerprint density at radius 2 is 2.40 bits per heavy atom. The maximum absolute atomic E-state index is 2.36. The lowest BCUT2D eigenvalue weighted by Gasteiger charge is -2.20. The Hall–Kier alpha value is -0.520. The smallest absolute Gasteiger partial charge is 0.0127 e. The van der Waals surface area contributed by atoms with Gasteiger partial charge in [0.15, 0.2) is 0 Å². The van der Waals surface area contributed by atoms with E-state index in [1.54, 1.807) is 11.1 Å². The monoisotopic (exact) mass is 134 g/mol. The van der Waals surface area contributed by atoms with E-state index in [-0.39, 0.29) is 0 Å². The van der Waals surface area contributed by atoms with E-state index in [1.807, 2.05) is 0 Å². The van der Waals surface area contributed by atoms with Gasteiger partial charge in [-0.2, -0.15) is 0 Å². The molecule has 2 aliphatic rings. The average Bonchev–Trinajstić information content (AvgIpc) is 2.36. The third-order valence-electron chi connectivity index (χ3n) is 2.75. The quantitative estimate of drug-likeness (QED) is 0.477. The predicted octanol–water partition coefficient (Wildman–Crippen LogP) is 3.06. The summed E-state index contributed by atoms with van der Waals surface area (Å²) in [6.45, 7) is 2.36. The van der Waals surface area contributed by atoms with Crippen LogP contribution in [0.1, 0.15) is 32.6 Å². The normalized spacial score (nSPS) is 31.1. The largest absolute Gasteiger partial charge is 0.0802 e. The molecule has 0 amide bonds. The van der Waals surface area contributed by atoms with Crippen LogP contribution in [0.4, 0.5) is 0 Å². The Labute approximate surface area is 62.6 Å². The van der Waals surface area contributed by atoms with Gasteiger partial charge in [0, 0.05) is 0 Å². The van der Waals surface area contributed by atoms with Crippen LogP contribution in [-0.4, -0.2) is 0 Å². The molecule has 0 spiro atoms. The van der Waals surface area contributed by atoms with E-state index in [2.05, 4.69) is 19.1 Å². The van der Waals surface area contributed by atoms with Gasteiger partial charge in [-0.05, 0) is 37.2 Å². The van der Waals surface area contributed by atoms with Crippen LogP contribution in [0, 0.1) is 5.92 Å². The van der Waals surface area contributed by atoms with Gasteiger partial charge in [0.25, 0.3) is 0 Å². The molecule has 2 aliphatic carbocycles. The highest BCUT2D eigenvalue weighted by Gasteiger charge is 2.19. The fraction of sp³-hybridized carbons (Fsp3) is 0.600. The average molecular weight is 134 g/mol. The molecular formula is C10H14. The molecule has 0 saturated heterocycles. The first kappa shape index (κ1) is 6.21. The summed E-state index contributed by atoms with van der Waals surface area (Å²) >= 11 is 0. The highest BCUT2D eigenvalue weighted by atomic mass is 14.2. The first-order chi connectivity index (χ1) is 4.88. The molecule has 0 aliphatic heterocycles. The van der Waals surface area contributed by atoms with Crippen molar-refractivity contribution in [2.75, 3.05) is 0 Å². The van der Waals surface area contributed by atoms with E-state index in [4.69, 9.17) is 0 Å². The number of rotatable bonds is 0. The Bertz CT molecular complexity index is 196. The highest BCUT2D eigenvalue weighted by Crippen LogP contribution is 2.36. The second-order valence-electron chi connectivity index (χ2n) is 3.45. The van der Waals surface area contributed by atoms with Crippen LogP contribution in [0.2, 0.25) is 0 Å². The van der Waals surface area contributed by atoms with E-state index in [0.717, 1.165) is 5.92 Å². The third kappa shape index (κ3) is 0.828. The van der Waals surface area contributed by atoms with Crippen molar-refractivity contribution in [2.24, 2.45) is 5.92 Å². The van der Waals surface area contributed by atoms with E-state index in [9.17, 15) is 0 Å². The van der Waals surface area contributed by atoms with Gasteiger partial charge < -0.3 is 0 Å². The molecule has 1 unspecified atom stereocenters. The molecule has 10 heavy (non-hydrogen) atoms. The summed E-state index contributed by atoms with van der Waals surface area (Å²) in [5.74, 6) is 0.874. The fourth-order valence-corrected chi connectivity index (χ4v) is 2.10. The first-order valence-electron chi connectivity index (χ1n) is 4.26. The SMILES string of the molecule is CC1CCCC2=C1CC=C2. The summed E-state index contributed by atoms with van der Waals surface area (Å²) in [6, 6.07) is 0. The van der Waals surface area contributed by atoms with Crippen LogP contribution in [0.15, 0.2) is 23.3 Å². The predicted molar refractivity (Wildman–Crippen MR) is 43.8 cm³/mol. The van der Waals surface area contributed by atoms with Crippen LogP contribution >= 0.6 is 0 Å². The van der Waals surface area contributed by atoms with Crippen LogP contribution < -0.4 is 0 Å². The molecule has 0 bridgehead atoms. The maximum atomic E-state index is 2.36. The van der Waals surface area contributed by atoms with E-state index < -0.39 is 0 Å². The molecule has 2 rings (SSSR count). The molecular weight excluding hydrogens is 120 g/mol. The van der Waals surface area contributed by atoms with Crippen molar-refractivity contribution in [3.63, 3.8) is 0 Å². The second-order valence-corrected chi connectivity index (χ2v) is 3.45. The van der Waals surface area contributed by atoms with Crippen molar-refractivity contribution < 1.29 is 0 Å². The van der Waals surface area contributed by atoms with Crippen molar-refractivity contribution in [2.45, 2.75) is 32.6 Å². The van der Waals surface area contributed by atoms with Crippen LogP contribution in [0.5, 0.6) is 0 Å². The van der Waals surface area contributed by atoms with Crippen LogP contribution in [0.25, 0.3) is 0 Å². The number of hydrogen-bond donors (Lipinski definition) is 0. The Morgan fingerprint density at radius 3 is 3.20 bits per heavy atom. The molecule has 0 N–H and O–H groups in total. The zero-order valence-corrected chi connectivity index (χ0v) is 6.56. The molecule has 0 radical (unpaired) electrons. The first-order valence-corrected chi connectivity index (χ1v) is 4.26. The third-order valence-corrected chi connectivity index (χ3v) is 2.75. The summed E-state index contributed by atoms with van der Waals surface area (Å²) in [4.78, 5) is 0. The minimum absolute atomic E-state index is 0.874. The minimum Gasteiger partial charge on any atom is -0.0802 e. The summed E-state index contributed by atoms with van der Waals surface area (Å²) < 4.78 is 0. The molecule has 0 nitrogen and oxygen atoms in total. The summed E-state index contributed by atoms with van der Waals surface area (Å²) in [5.41, 5.74) is 3.38. The summed E-state index contributed by atoms with van der Waals surface area (Å²) in [7, 11) is 0. The molecule has 0 heteroatoms. The zero-order chi connectivity index (χ0) is 6.97. The standard InChI is InChI=1S/C10H14/c1-8-4-2-5-9-6-3-7-10(8)9/h3,6,8H,2,4-5,7H2,1H3. The van der Waals surface area contributed by atoms with Gasteiger partial charge in [-0.1, -0.05) is 24.6 Å². The Kier molecular flexibility index (Phi) is 1.40. The molecule has 0 heterocycles. The van der Waals surface area contributed by atoms with Crippen molar-refractivity contribution in [1.82, 2.24) is 0 Å². The van der Waals surface area contributed by atoms with Gasteiger partial charge in [0.05, 0.1) is 0 Å². The van der Waals surface area contributed by atoms with Gasteiger partial charge in [-0.15, -0.1) is 0 Å². The topological polar surface area (TPSA) is 0 Å². The molecule has 0 saturated carbocycles. The molecule has 54 valence electrons. The highest BCUT2D eigenvalue weighted by molar-refractivity contribution is 5.36. The summed E-state index contributed by atoms with van der Waals surface area (Å²) in [6.07, 6.45) is 10.1. The molecule has 0 aromatic rings. The van der Waals surface area contributed by atoms with Crippen molar-refractivity contribution >= 4 is 0 Å². The van der Waals surface area contributed by atoms with Crippen molar-refractivity contribution in [1.29, 1.82) is 0 Å². The number of allylic oxidation sites excluding steroid dienone is 4. The Morgan fingerprint density at radius 1 is 1.50 bits per heavy atom. The van der Waals surface area contributed by atoms with E-state index in [1.165, 1.54) is 25.7 Å². The summed E-state index contributed by atoms with van der Waals surface area (Å²) in [5, 5.41) is 0. The maximum Gasteiger partial charge on any atom is -0.0127 e. The fourth-order valence-electron chi connectivity index (χ4n) is 2.10. The van der Waals surface area contributed by atoms with Gasteiger partial charge in [0.1, 0.15) is 0 Å². The second kappa shape index (κ2) is 2.26. The van der Waals surface area contributed by atoms with Gasteiger partial charge >= 0.3 is 0 Å². The van der Waals surface area contributed by atoms with Crippen LogP contribution in [0.3, 0.4) is 0 Å². The van der Waals surface area contributed by atoms with Gasteiger partial charge in [-0.25, -0.2) is 0 Å². The lowest BCUT2D eigenvalue weighted by molar-refractivity contribution is 0.537. The van der Waals surface area contributed by atoms with Crippen molar-refractivity contribution in [3.05, 3.63) is 23.3 Å². The minimum atomic E-state index is 0.874. The van der Waals surface area contributed by atoms with E-state index in [0.29, 0.717) is 0 Å². The Balaban J connectivity index is 2.28. The molecule has 1 atom stereocenters. The molecule has 0 aromatic heterocycles. The van der Waals surface area contributed by atoms with Gasteiger partial charge in [0.2, 0.25) is 0 Å². The van der Waals surface area contributed by atoms with E-state index >= 15 is 0 Å². The van der Waals surface area contributed by atoms with Crippen LogP contribution in [-0.2, 0) is 0 Å². The lowest BCUT2D eigenvalue weighted by Crippen LogP contribution is -2.05. The van der Waals surface area contributed by atoms with Crippen molar-refractivity contribution in [3.8, 4) is 0 Å². The zero-order valence-electron chi connectivity index (χ0n) is 6.56. The molecule has 0 aromatic carbocycles. The molecule has 0 fully saturated rings. The number of hydrogen-bond acceptors (Lipinski definition) is 0. The van der Waals surface area contributed by atoms with Gasteiger partial charge in [-0.3, -0.25) is 0 Å².